The summed E-state index contributed by atoms with van der Waals surface area (Å²) in [4.78, 5) is 2.97. The van der Waals surface area contributed by atoms with Crippen molar-refractivity contribution in [1.82, 2.24) is 10.2 Å². The lowest BCUT2D eigenvalue weighted by Gasteiger charge is -2.42. The van der Waals surface area contributed by atoms with Crippen molar-refractivity contribution in [1.29, 1.82) is 0 Å². The summed E-state index contributed by atoms with van der Waals surface area (Å²) in [5.41, 5.74) is 0. The Morgan fingerprint density at radius 3 is 1.80 bits per heavy atom. The lowest BCUT2D eigenvalue weighted by atomic mass is 9.88. The Morgan fingerprint density at radius 2 is 1.30 bits per heavy atom. The van der Waals surface area contributed by atoms with Gasteiger partial charge in [-0.2, -0.15) is 0 Å². The number of hydrogen-bond acceptors (Lipinski definition) is 2. The zero-order valence-corrected chi connectivity index (χ0v) is 13.3. The van der Waals surface area contributed by atoms with Crippen molar-refractivity contribution >= 4 is 0 Å². The van der Waals surface area contributed by atoms with Crippen LogP contribution >= 0.6 is 0 Å². The minimum Gasteiger partial charge on any atom is -0.314 e. The molecule has 1 aliphatic heterocycles. The fraction of sp³-hybridized carbons (Fsp3) is 1.00. The van der Waals surface area contributed by atoms with Crippen molar-refractivity contribution in [3.05, 3.63) is 0 Å². The molecule has 0 aromatic carbocycles. The maximum atomic E-state index is 3.69. The summed E-state index contributed by atoms with van der Waals surface area (Å²) in [5.74, 6) is 0. The van der Waals surface area contributed by atoms with Crippen LogP contribution in [0.5, 0.6) is 0 Å². The number of hydrogen-bond donors (Lipinski definition) is 1. The van der Waals surface area contributed by atoms with Gasteiger partial charge in [-0.05, 0) is 51.5 Å². The van der Waals surface area contributed by atoms with Gasteiger partial charge in [0, 0.05) is 24.7 Å². The predicted molar refractivity (Wildman–Crippen MR) is 86.1 cm³/mol. The molecule has 2 aliphatic carbocycles. The van der Waals surface area contributed by atoms with Gasteiger partial charge in [-0.25, -0.2) is 0 Å². The summed E-state index contributed by atoms with van der Waals surface area (Å²) in [6, 6.07) is 2.67. The van der Waals surface area contributed by atoms with E-state index in [1.807, 2.05) is 0 Å². The van der Waals surface area contributed by atoms with Crippen LogP contribution in [0.2, 0.25) is 0 Å². The topological polar surface area (TPSA) is 15.3 Å². The maximum Gasteiger partial charge on any atom is 0.00982 e. The third-order valence-electron chi connectivity index (χ3n) is 5.99. The van der Waals surface area contributed by atoms with Gasteiger partial charge in [0.1, 0.15) is 0 Å². The Bertz CT molecular complexity index is 243. The highest BCUT2D eigenvalue weighted by Gasteiger charge is 2.29. The number of nitrogens with one attached hydrogen (secondary N) is 1. The average molecular weight is 278 g/mol. The average Bonchev–Trinajstić information content (AvgIpc) is 3.03. The molecular weight excluding hydrogens is 244 g/mol. The quantitative estimate of drug-likeness (QED) is 0.814. The Morgan fingerprint density at radius 1 is 0.700 bits per heavy atom. The molecule has 20 heavy (non-hydrogen) atoms. The second kappa shape index (κ2) is 7.79. The predicted octanol–water partition coefficient (Wildman–Crippen LogP) is 4.10. The molecule has 1 N–H and O–H groups in total. The van der Waals surface area contributed by atoms with Crippen molar-refractivity contribution < 1.29 is 0 Å². The molecule has 2 nitrogen and oxygen atoms in total. The molecule has 1 saturated heterocycles. The van der Waals surface area contributed by atoms with E-state index < -0.39 is 0 Å². The molecule has 1 atom stereocenters. The van der Waals surface area contributed by atoms with E-state index >= 15 is 0 Å². The summed E-state index contributed by atoms with van der Waals surface area (Å²) >= 11 is 0. The van der Waals surface area contributed by atoms with E-state index in [0.717, 1.165) is 18.1 Å². The first-order valence-corrected chi connectivity index (χ1v) is 9.42. The van der Waals surface area contributed by atoms with Gasteiger partial charge in [-0.15, -0.1) is 0 Å². The lowest BCUT2D eigenvalue weighted by molar-refractivity contribution is 0.0770. The van der Waals surface area contributed by atoms with Crippen LogP contribution in [0.15, 0.2) is 0 Å². The Kier molecular flexibility index (Phi) is 5.78. The minimum absolute atomic E-state index is 0.824. The van der Waals surface area contributed by atoms with E-state index in [0.29, 0.717) is 0 Å². The Balaban J connectivity index is 1.55. The van der Waals surface area contributed by atoms with E-state index in [2.05, 4.69) is 10.2 Å². The standard InChI is InChI=1S/C18H34N2/c1-3-9-17(10-4-1)20(18-11-5-2-6-12-18)15-13-16-8-7-14-19-16/h16-19H,1-15H2. The fourth-order valence-electron chi connectivity index (χ4n) is 4.80. The molecule has 0 radical (unpaired) electrons. The van der Waals surface area contributed by atoms with Gasteiger partial charge in [0.15, 0.2) is 0 Å². The summed E-state index contributed by atoms with van der Waals surface area (Å²) < 4.78 is 0. The van der Waals surface area contributed by atoms with Crippen LogP contribution in [0.25, 0.3) is 0 Å². The van der Waals surface area contributed by atoms with Crippen LogP contribution in [-0.4, -0.2) is 36.1 Å². The normalized spacial score (nSPS) is 30.1. The molecule has 3 rings (SSSR count). The van der Waals surface area contributed by atoms with E-state index in [1.165, 1.54) is 96.6 Å². The molecule has 0 amide bonds. The van der Waals surface area contributed by atoms with E-state index in [4.69, 9.17) is 0 Å². The second-order valence-corrected chi connectivity index (χ2v) is 7.40. The van der Waals surface area contributed by atoms with Gasteiger partial charge in [-0.3, -0.25) is 4.90 Å². The Labute approximate surface area is 125 Å². The van der Waals surface area contributed by atoms with Crippen molar-refractivity contribution in [2.45, 2.75) is 102 Å². The van der Waals surface area contributed by atoms with Crippen LogP contribution in [0.3, 0.4) is 0 Å². The van der Waals surface area contributed by atoms with Crippen molar-refractivity contribution in [2.24, 2.45) is 0 Å². The molecule has 2 heteroatoms. The smallest absolute Gasteiger partial charge is 0.00982 e. The summed E-state index contributed by atoms with van der Waals surface area (Å²) in [6.45, 7) is 2.63. The first-order valence-electron chi connectivity index (χ1n) is 9.42. The zero-order chi connectivity index (χ0) is 13.6. The molecule has 3 aliphatic rings. The SMILES string of the molecule is C1CCC(N(CCC2CCCN2)C2CCCCC2)CC1. The molecular formula is C18H34N2. The highest BCUT2D eigenvalue weighted by Crippen LogP contribution is 2.30. The monoisotopic (exact) mass is 278 g/mol. The highest BCUT2D eigenvalue weighted by molar-refractivity contribution is 4.85. The first kappa shape index (κ1) is 14.8. The molecule has 0 spiro atoms. The summed E-state index contributed by atoms with van der Waals surface area (Å²) in [7, 11) is 0. The van der Waals surface area contributed by atoms with Crippen LogP contribution < -0.4 is 5.32 Å². The molecule has 116 valence electrons. The van der Waals surface area contributed by atoms with Gasteiger partial charge in [0.2, 0.25) is 0 Å². The number of nitrogens with zero attached hydrogens (tertiary/aromatic N) is 1. The molecule has 0 aromatic heterocycles. The van der Waals surface area contributed by atoms with E-state index in [9.17, 15) is 0 Å². The summed E-state index contributed by atoms with van der Waals surface area (Å²) in [6.07, 6.45) is 19.0. The van der Waals surface area contributed by atoms with Gasteiger partial charge in [0.25, 0.3) is 0 Å². The highest BCUT2D eigenvalue weighted by atomic mass is 15.2. The maximum absolute atomic E-state index is 3.69. The van der Waals surface area contributed by atoms with Gasteiger partial charge in [0.05, 0.1) is 0 Å². The fourth-order valence-corrected chi connectivity index (χ4v) is 4.80. The van der Waals surface area contributed by atoms with Crippen LogP contribution in [-0.2, 0) is 0 Å². The van der Waals surface area contributed by atoms with Gasteiger partial charge < -0.3 is 5.32 Å². The van der Waals surface area contributed by atoms with E-state index in [-0.39, 0.29) is 0 Å². The van der Waals surface area contributed by atoms with E-state index in [1.54, 1.807) is 0 Å². The molecule has 1 unspecified atom stereocenters. The van der Waals surface area contributed by atoms with Crippen molar-refractivity contribution in [2.75, 3.05) is 13.1 Å². The Hall–Kier alpha value is -0.0800. The zero-order valence-electron chi connectivity index (χ0n) is 13.3. The number of rotatable bonds is 5. The van der Waals surface area contributed by atoms with Crippen molar-refractivity contribution in [3.8, 4) is 0 Å². The largest absolute Gasteiger partial charge is 0.314 e. The molecule has 3 fully saturated rings. The second-order valence-electron chi connectivity index (χ2n) is 7.40. The van der Waals surface area contributed by atoms with Crippen LogP contribution in [0, 0.1) is 0 Å². The lowest BCUT2D eigenvalue weighted by Crippen LogP contribution is -2.46. The van der Waals surface area contributed by atoms with Crippen LogP contribution in [0.4, 0.5) is 0 Å². The minimum atomic E-state index is 0.824. The third kappa shape index (κ3) is 3.98. The van der Waals surface area contributed by atoms with Crippen LogP contribution in [0.1, 0.15) is 83.5 Å². The van der Waals surface area contributed by atoms with Gasteiger partial charge in [-0.1, -0.05) is 38.5 Å². The molecule has 0 bridgehead atoms. The molecule has 2 saturated carbocycles. The van der Waals surface area contributed by atoms with Crippen molar-refractivity contribution in [3.63, 3.8) is 0 Å². The molecule has 0 aromatic rings. The third-order valence-corrected chi connectivity index (χ3v) is 5.99. The summed E-state index contributed by atoms with van der Waals surface area (Å²) in [5, 5.41) is 3.69. The van der Waals surface area contributed by atoms with Gasteiger partial charge >= 0.3 is 0 Å². The first-order chi connectivity index (χ1) is 9.93. The molecule has 1 heterocycles.